The molecule has 0 aromatic heterocycles. The van der Waals surface area contributed by atoms with Crippen LogP contribution in [-0.4, -0.2) is 13.6 Å². The predicted molar refractivity (Wildman–Crippen MR) is 76.8 cm³/mol. The van der Waals surface area contributed by atoms with Crippen LogP contribution in [0.5, 0.6) is 0 Å². The molecule has 0 unspecified atom stereocenters. The highest BCUT2D eigenvalue weighted by Gasteiger charge is 2.16. The first-order valence-electron chi connectivity index (χ1n) is 5.39. The summed E-state index contributed by atoms with van der Waals surface area (Å²) in [5.74, 6) is 0. The maximum Gasteiger partial charge on any atom is 0.0467 e. The summed E-state index contributed by atoms with van der Waals surface area (Å²) in [5.41, 5.74) is 2.65. The molecule has 0 spiro atoms. The molecule has 0 N–H and O–H groups in total. The lowest BCUT2D eigenvalue weighted by molar-refractivity contribution is 0.419. The minimum absolute atomic E-state index is 0.278. The summed E-state index contributed by atoms with van der Waals surface area (Å²) < 4.78 is 0. The standard InChI is InChI=1S/C13H19BrClN/c1-13(2,3)9-16(4)12-7-5-6-11(15)10(12)8-14/h5-7H,8-9H2,1-4H3. The average molecular weight is 305 g/mol. The summed E-state index contributed by atoms with van der Waals surface area (Å²) in [6.07, 6.45) is 0. The van der Waals surface area contributed by atoms with Crippen LogP contribution in [0, 0.1) is 5.41 Å². The number of benzene rings is 1. The maximum atomic E-state index is 6.19. The van der Waals surface area contributed by atoms with Crippen molar-refractivity contribution < 1.29 is 0 Å². The highest BCUT2D eigenvalue weighted by Crippen LogP contribution is 2.30. The monoisotopic (exact) mass is 303 g/mol. The Morgan fingerprint density at radius 1 is 1.31 bits per heavy atom. The van der Waals surface area contributed by atoms with Gasteiger partial charge in [0.05, 0.1) is 0 Å². The van der Waals surface area contributed by atoms with Crippen LogP contribution in [0.1, 0.15) is 26.3 Å². The normalized spacial score (nSPS) is 11.6. The molecular formula is C13H19BrClN. The number of halogens is 2. The molecule has 0 aliphatic heterocycles. The van der Waals surface area contributed by atoms with Gasteiger partial charge in [0, 0.05) is 35.2 Å². The van der Waals surface area contributed by atoms with Gasteiger partial charge in [0.15, 0.2) is 0 Å². The van der Waals surface area contributed by atoms with E-state index < -0.39 is 0 Å². The quantitative estimate of drug-likeness (QED) is 0.731. The van der Waals surface area contributed by atoms with Gasteiger partial charge in [0.1, 0.15) is 0 Å². The summed E-state index contributed by atoms with van der Waals surface area (Å²) in [6.45, 7) is 7.72. The van der Waals surface area contributed by atoms with Gasteiger partial charge < -0.3 is 4.90 Å². The molecule has 0 heterocycles. The van der Waals surface area contributed by atoms with E-state index in [2.05, 4.69) is 54.7 Å². The molecule has 0 radical (unpaired) electrons. The van der Waals surface area contributed by atoms with Gasteiger partial charge in [-0.15, -0.1) is 0 Å². The Hall–Kier alpha value is -0.210. The Kier molecular flexibility index (Phi) is 4.69. The fourth-order valence-corrected chi connectivity index (χ4v) is 2.82. The lowest BCUT2D eigenvalue weighted by Crippen LogP contribution is -2.29. The largest absolute Gasteiger partial charge is 0.374 e. The Morgan fingerprint density at radius 3 is 2.44 bits per heavy atom. The molecule has 0 aliphatic rings. The van der Waals surface area contributed by atoms with Gasteiger partial charge in [-0.1, -0.05) is 54.4 Å². The zero-order valence-corrected chi connectivity index (χ0v) is 12.7. The first-order chi connectivity index (χ1) is 7.35. The van der Waals surface area contributed by atoms with Crippen molar-refractivity contribution in [3.05, 3.63) is 28.8 Å². The second-order valence-corrected chi connectivity index (χ2v) is 6.26. The lowest BCUT2D eigenvalue weighted by Gasteiger charge is -2.29. The second-order valence-electron chi connectivity index (χ2n) is 5.29. The van der Waals surface area contributed by atoms with Crippen LogP contribution in [0.15, 0.2) is 18.2 Å². The zero-order chi connectivity index (χ0) is 12.3. The minimum atomic E-state index is 0.278. The van der Waals surface area contributed by atoms with Crippen molar-refractivity contribution in [2.75, 3.05) is 18.5 Å². The topological polar surface area (TPSA) is 3.24 Å². The highest BCUT2D eigenvalue weighted by atomic mass is 79.9. The van der Waals surface area contributed by atoms with Crippen LogP contribution in [0.2, 0.25) is 5.02 Å². The van der Waals surface area contributed by atoms with E-state index in [0.29, 0.717) is 0 Å². The van der Waals surface area contributed by atoms with Crippen molar-refractivity contribution >= 4 is 33.2 Å². The van der Waals surface area contributed by atoms with Crippen LogP contribution in [-0.2, 0) is 5.33 Å². The molecule has 1 aromatic rings. The van der Waals surface area contributed by atoms with Crippen LogP contribution in [0.25, 0.3) is 0 Å². The summed E-state index contributed by atoms with van der Waals surface area (Å²) >= 11 is 9.68. The Balaban J connectivity index is 2.99. The minimum Gasteiger partial charge on any atom is -0.374 e. The first kappa shape index (κ1) is 13.9. The van der Waals surface area contributed by atoms with Crippen molar-refractivity contribution in [2.24, 2.45) is 5.41 Å². The number of hydrogen-bond donors (Lipinski definition) is 0. The van der Waals surface area contributed by atoms with E-state index in [1.807, 2.05) is 12.1 Å². The average Bonchev–Trinajstić information content (AvgIpc) is 2.14. The van der Waals surface area contributed by atoms with Crippen LogP contribution in [0.3, 0.4) is 0 Å². The molecule has 1 rings (SSSR count). The van der Waals surface area contributed by atoms with Gasteiger partial charge >= 0.3 is 0 Å². The van der Waals surface area contributed by atoms with Gasteiger partial charge in [-0.05, 0) is 17.5 Å². The molecule has 1 aromatic carbocycles. The molecule has 16 heavy (non-hydrogen) atoms. The molecule has 1 nitrogen and oxygen atoms in total. The lowest BCUT2D eigenvalue weighted by atomic mass is 9.96. The molecule has 0 aliphatic carbocycles. The van der Waals surface area contributed by atoms with Gasteiger partial charge in [-0.3, -0.25) is 0 Å². The molecule has 90 valence electrons. The van der Waals surface area contributed by atoms with Crippen molar-refractivity contribution in [2.45, 2.75) is 26.1 Å². The molecule has 0 fully saturated rings. The third-order valence-electron chi connectivity index (χ3n) is 2.35. The molecule has 0 bridgehead atoms. The van der Waals surface area contributed by atoms with E-state index in [1.54, 1.807) is 0 Å². The van der Waals surface area contributed by atoms with E-state index in [0.717, 1.165) is 22.5 Å². The third kappa shape index (κ3) is 3.67. The fourth-order valence-electron chi connectivity index (χ4n) is 1.83. The fraction of sp³-hybridized carbons (Fsp3) is 0.538. The van der Waals surface area contributed by atoms with E-state index in [1.165, 1.54) is 5.69 Å². The molecule has 0 saturated heterocycles. The van der Waals surface area contributed by atoms with Crippen molar-refractivity contribution in [3.63, 3.8) is 0 Å². The zero-order valence-electron chi connectivity index (χ0n) is 10.3. The highest BCUT2D eigenvalue weighted by molar-refractivity contribution is 9.08. The molecule has 3 heteroatoms. The number of rotatable bonds is 3. The molecule has 0 amide bonds. The second kappa shape index (κ2) is 5.42. The van der Waals surface area contributed by atoms with E-state index in [4.69, 9.17) is 11.6 Å². The molecule has 0 saturated carbocycles. The predicted octanol–water partition coefficient (Wildman–Crippen LogP) is 4.72. The van der Waals surface area contributed by atoms with Crippen molar-refractivity contribution in [3.8, 4) is 0 Å². The van der Waals surface area contributed by atoms with Gasteiger partial charge in [0.2, 0.25) is 0 Å². The van der Waals surface area contributed by atoms with Gasteiger partial charge in [-0.25, -0.2) is 0 Å². The number of nitrogens with zero attached hydrogens (tertiary/aromatic N) is 1. The smallest absolute Gasteiger partial charge is 0.0467 e. The van der Waals surface area contributed by atoms with E-state index in [-0.39, 0.29) is 5.41 Å². The number of anilines is 1. The Bertz CT molecular complexity index is 357. The van der Waals surface area contributed by atoms with Crippen LogP contribution < -0.4 is 4.90 Å². The summed E-state index contributed by atoms with van der Waals surface area (Å²) in [4.78, 5) is 2.27. The van der Waals surface area contributed by atoms with Crippen LogP contribution >= 0.6 is 27.5 Å². The van der Waals surface area contributed by atoms with Gasteiger partial charge in [0.25, 0.3) is 0 Å². The van der Waals surface area contributed by atoms with Crippen molar-refractivity contribution in [1.82, 2.24) is 0 Å². The van der Waals surface area contributed by atoms with Gasteiger partial charge in [-0.2, -0.15) is 0 Å². The third-order valence-corrected chi connectivity index (χ3v) is 3.27. The summed E-state index contributed by atoms with van der Waals surface area (Å²) in [5, 5.41) is 1.62. The SMILES string of the molecule is CN(CC(C)(C)C)c1cccc(Cl)c1CBr. The summed E-state index contributed by atoms with van der Waals surface area (Å²) in [6, 6.07) is 6.06. The van der Waals surface area contributed by atoms with Crippen LogP contribution in [0.4, 0.5) is 5.69 Å². The molecular weight excluding hydrogens is 286 g/mol. The number of alkyl halides is 1. The molecule has 0 atom stereocenters. The van der Waals surface area contributed by atoms with E-state index in [9.17, 15) is 0 Å². The Labute approximate surface area is 112 Å². The maximum absolute atomic E-state index is 6.19. The number of hydrogen-bond acceptors (Lipinski definition) is 1. The summed E-state index contributed by atoms with van der Waals surface area (Å²) in [7, 11) is 2.11. The van der Waals surface area contributed by atoms with Crippen molar-refractivity contribution in [1.29, 1.82) is 0 Å². The Morgan fingerprint density at radius 2 is 1.94 bits per heavy atom. The first-order valence-corrected chi connectivity index (χ1v) is 6.89. The van der Waals surface area contributed by atoms with E-state index >= 15 is 0 Å².